The van der Waals surface area contributed by atoms with E-state index in [1.165, 1.54) is 65.6 Å². The first-order valence-corrected chi connectivity index (χ1v) is 10.6. The highest BCUT2D eigenvalue weighted by atomic mass is 14.7. The van der Waals surface area contributed by atoms with E-state index in [2.05, 4.69) is 104 Å². The van der Waals surface area contributed by atoms with Gasteiger partial charge >= 0.3 is 0 Å². The lowest BCUT2D eigenvalue weighted by Crippen LogP contribution is -2.15. The van der Waals surface area contributed by atoms with Crippen LogP contribution in [0.15, 0.2) is 84.9 Å². The van der Waals surface area contributed by atoms with E-state index in [1.54, 1.807) is 0 Å². The molecule has 0 bridgehead atoms. The smallest absolute Gasteiger partial charge is 0.0551 e. The maximum Gasteiger partial charge on any atom is 0.0551 e. The molecule has 1 N–H and O–H groups in total. The van der Waals surface area contributed by atoms with Crippen molar-refractivity contribution in [3.63, 3.8) is 0 Å². The Morgan fingerprint density at radius 1 is 0.600 bits per heavy atom. The number of aromatic amines is 1. The van der Waals surface area contributed by atoms with E-state index in [-0.39, 0.29) is 5.41 Å². The third kappa shape index (κ3) is 1.79. The lowest BCUT2D eigenvalue weighted by Gasteiger charge is -2.24. The normalized spacial score (nSPS) is 14.6. The highest BCUT2D eigenvalue weighted by Gasteiger charge is 2.38. The predicted octanol–water partition coefficient (Wildman–Crippen LogP) is 7.93. The van der Waals surface area contributed by atoms with Crippen molar-refractivity contribution in [1.29, 1.82) is 0 Å². The van der Waals surface area contributed by atoms with Crippen molar-refractivity contribution in [2.24, 2.45) is 0 Å². The second kappa shape index (κ2) is 5.31. The molecule has 142 valence electrons. The Balaban J connectivity index is 1.81. The number of fused-ring (bicyclic) bond motifs is 12. The monoisotopic (exact) mass is 383 g/mol. The number of rotatable bonds is 0. The average molecular weight is 383 g/mol. The Kier molecular flexibility index (Phi) is 2.88. The maximum atomic E-state index is 3.75. The molecule has 5 aromatic carbocycles. The zero-order valence-electron chi connectivity index (χ0n) is 17.1. The molecule has 0 saturated carbocycles. The molecule has 0 radical (unpaired) electrons. The lowest BCUT2D eigenvalue weighted by molar-refractivity contribution is 0.666. The first kappa shape index (κ1) is 16.2. The van der Waals surface area contributed by atoms with Gasteiger partial charge in [-0.15, -0.1) is 0 Å². The number of H-pyrrole nitrogens is 1. The quantitative estimate of drug-likeness (QED) is 0.256. The zero-order chi connectivity index (χ0) is 20.0. The average Bonchev–Trinajstić information content (AvgIpc) is 3.27. The van der Waals surface area contributed by atoms with E-state index in [1.807, 2.05) is 0 Å². The Morgan fingerprint density at radius 3 is 2.13 bits per heavy atom. The number of nitrogens with one attached hydrogen (secondary N) is 1. The molecule has 1 aromatic heterocycles. The van der Waals surface area contributed by atoms with Crippen LogP contribution in [0.25, 0.3) is 54.5 Å². The fourth-order valence-electron chi connectivity index (χ4n) is 5.90. The van der Waals surface area contributed by atoms with Gasteiger partial charge in [-0.25, -0.2) is 0 Å². The Hall–Kier alpha value is -3.58. The fraction of sp³-hybridized carbons (Fsp3) is 0.103. The van der Waals surface area contributed by atoms with Crippen LogP contribution >= 0.6 is 0 Å². The van der Waals surface area contributed by atoms with Gasteiger partial charge in [0.1, 0.15) is 0 Å². The van der Waals surface area contributed by atoms with Gasteiger partial charge in [-0.3, -0.25) is 0 Å². The summed E-state index contributed by atoms with van der Waals surface area (Å²) in [6.07, 6.45) is 0. The topological polar surface area (TPSA) is 15.8 Å². The SMILES string of the molecule is CC1(C)c2ccccc2-c2c1c1ccccc1c1c2ccc2c3ccccc3[nH]c21. The van der Waals surface area contributed by atoms with E-state index >= 15 is 0 Å². The molecule has 0 fully saturated rings. The van der Waals surface area contributed by atoms with Gasteiger partial charge in [-0.2, -0.15) is 0 Å². The summed E-state index contributed by atoms with van der Waals surface area (Å²) < 4.78 is 0. The molecule has 0 atom stereocenters. The number of aromatic nitrogens is 1. The van der Waals surface area contributed by atoms with Crippen molar-refractivity contribution in [3.8, 4) is 11.1 Å². The maximum absolute atomic E-state index is 3.75. The Labute approximate surface area is 175 Å². The molecule has 1 nitrogen and oxygen atoms in total. The van der Waals surface area contributed by atoms with Crippen molar-refractivity contribution >= 4 is 43.4 Å². The van der Waals surface area contributed by atoms with E-state index in [9.17, 15) is 0 Å². The van der Waals surface area contributed by atoms with E-state index < -0.39 is 0 Å². The van der Waals surface area contributed by atoms with Gasteiger partial charge in [0.15, 0.2) is 0 Å². The fourth-order valence-corrected chi connectivity index (χ4v) is 5.90. The van der Waals surface area contributed by atoms with Crippen molar-refractivity contribution in [2.45, 2.75) is 19.3 Å². The van der Waals surface area contributed by atoms with Crippen LogP contribution in [-0.2, 0) is 5.41 Å². The molecule has 6 aromatic rings. The molecular weight excluding hydrogens is 362 g/mol. The van der Waals surface area contributed by atoms with Gasteiger partial charge < -0.3 is 4.98 Å². The third-order valence-electron chi connectivity index (χ3n) is 7.16. The van der Waals surface area contributed by atoms with E-state index in [4.69, 9.17) is 0 Å². The van der Waals surface area contributed by atoms with Crippen LogP contribution in [0.2, 0.25) is 0 Å². The largest absolute Gasteiger partial charge is 0.354 e. The minimum Gasteiger partial charge on any atom is -0.354 e. The summed E-state index contributed by atoms with van der Waals surface area (Å²) in [5, 5.41) is 7.98. The first-order chi connectivity index (χ1) is 14.7. The number of benzene rings is 5. The lowest BCUT2D eigenvalue weighted by atomic mass is 9.79. The molecule has 0 aliphatic heterocycles. The number of para-hydroxylation sites is 1. The summed E-state index contributed by atoms with van der Waals surface area (Å²) in [4.78, 5) is 3.75. The van der Waals surface area contributed by atoms with E-state index in [0.29, 0.717) is 0 Å². The molecule has 1 aliphatic rings. The summed E-state index contributed by atoms with van der Waals surface area (Å²) in [6, 6.07) is 31.2. The summed E-state index contributed by atoms with van der Waals surface area (Å²) in [5.74, 6) is 0. The van der Waals surface area contributed by atoms with Gasteiger partial charge in [0.2, 0.25) is 0 Å². The summed E-state index contributed by atoms with van der Waals surface area (Å²) in [6.45, 7) is 4.74. The molecule has 0 amide bonds. The van der Waals surface area contributed by atoms with Crippen LogP contribution < -0.4 is 0 Å². The van der Waals surface area contributed by atoms with Crippen molar-refractivity contribution in [1.82, 2.24) is 4.98 Å². The third-order valence-corrected chi connectivity index (χ3v) is 7.16. The highest BCUT2D eigenvalue weighted by molar-refractivity contribution is 6.28. The summed E-state index contributed by atoms with van der Waals surface area (Å²) >= 11 is 0. The molecule has 1 heterocycles. The summed E-state index contributed by atoms with van der Waals surface area (Å²) in [7, 11) is 0. The molecule has 1 aliphatic carbocycles. The second-order valence-corrected chi connectivity index (χ2v) is 9.05. The molecule has 0 spiro atoms. The van der Waals surface area contributed by atoms with Crippen molar-refractivity contribution in [2.75, 3.05) is 0 Å². The van der Waals surface area contributed by atoms with Gasteiger partial charge in [0.05, 0.1) is 5.52 Å². The van der Waals surface area contributed by atoms with Crippen LogP contribution in [0, 0.1) is 0 Å². The highest BCUT2D eigenvalue weighted by Crippen LogP contribution is 2.55. The van der Waals surface area contributed by atoms with E-state index in [0.717, 1.165) is 0 Å². The van der Waals surface area contributed by atoms with Gasteiger partial charge in [-0.1, -0.05) is 92.7 Å². The van der Waals surface area contributed by atoms with Crippen LogP contribution in [0.4, 0.5) is 0 Å². The van der Waals surface area contributed by atoms with Crippen LogP contribution in [0.3, 0.4) is 0 Å². The van der Waals surface area contributed by atoms with Crippen LogP contribution in [0.5, 0.6) is 0 Å². The molecule has 0 saturated heterocycles. The Morgan fingerprint density at radius 2 is 1.27 bits per heavy atom. The Bertz CT molecular complexity index is 1660. The second-order valence-electron chi connectivity index (χ2n) is 9.05. The number of hydrogen-bond acceptors (Lipinski definition) is 0. The van der Waals surface area contributed by atoms with Crippen LogP contribution in [-0.4, -0.2) is 4.98 Å². The molecule has 1 heteroatoms. The van der Waals surface area contributed by atoms with Crippen LogP contribution in [0.1, 0.15) is 25.0 Å². The molecular formula is C29H21N. The number of hydrogen-bond donors (Lipinski definition) is 1. The van der Waals surface area contributed by atoms with Gasteiger partial charge in [-0.05, 0) is 44.5 Å². The minimum atomic E-state index is -0.0187. The standard InChI is InChI=1S/C29H21N/c1-29(2)23-13-7-5-12-21(23)25-22-16-15-20-17-9-6-8-14-24(17)30-28(20)26(22)18-10-3-4-11-19(18)27(25)29/h3-16,30H,1-2H3. The van der Waals surface area contributed by atoms with Crippen molar-refractivity contribution in [3.05, 3.63) is 96.1 Å². The predicted molar refractivity (Wildman–Crippen MR) is 128 cm³/mol. The summed E-state index contributed by atoms with van der Waals surface area (Å²) in [5.41, 5.74) is 8.10. The zero-order valence-corrected chi connectivity index (χ0v) is 17.1. The molecule has 7 rings (SSSR count). The van der Waals surface area contributed by atoms with Gasteiger partial charge in [0.25, 0.3) is 0 Å². The molecule has 0 unspecified atom stereocenters. The van der Waals surface area contributed by atoms with Crippen molar-refractivity contribution < 1.29 is 0 Å². The van der Waals surface area contributed by atoms with Gasteiger partial charge in [0, 0.05) is 27.1 Å². The first-order valence-electron chi connectivity index (χ1n) is 10.6. The molecule has 30 heavy (non-hydrogen) atoms. The minimum absolute atomic E-state index is 0.0187.